The minimum absolute atomic E-state index is 0.182. The third-order valence-electron chi connectivity index (χ3n) is 3.59. The first kappa shape index (κ1) is 16.5. The second-order valence-electron chi connectivity index (χ2n) is 5.36. The number of sulfonamides is 1. The number of halogens is 1. The van der Waals surface area contributed by atoms with E-state index >= 15 is 0 Å². The summed E-state index contributed by atoms with van der Waals surface area (Å²) in [4.78, 5) is 0.182. The van der Waals surface area contributed by atoms with E-state index in [1.165, 1.54) is 0 Å². The molecule has 24 heavy (non-hydrogen) atoms. The molecule has 124 valence electrons. The molecule has 0 atom stereocenters. The van der Waals surface area contributed by atoms with Crippen LogP contribution in [0.3, 0.4) is 0 Å². The van der Waals surface area contributed by atoms with Gasteiger partial charge in [0, 0.05) is 10.7 Å². The van der Waals surface area contributed by atoms with Gasteiger partial charge in [-0.3, -0.25) is 4.72 Å². The van der Waals surface area contributed by atoms with Gasteiger partial charge in [-0.2, -0.15) is 5.10 Å². The highest BCUT2D eigenvalue weighted by Gasteiger charge is 2.25. The maximum absolute atomic E-state index is 12.8. The molecule has 0 radical (unpaired) electrons. The molecule has 3 rings (SSSR count). The molecule has 5 nitrogen and oxygen atoms in total. The molecule has 0 aliphatic heterocycles. The van der Waals surface area contributed by atoms with Crippen LogP contribution in [0.4, 0.5) is 5.69 Å². The smallest absolute Gasteiger partial charge is 0.265 e. The average molecular weight is 362 g/mol. The molecule has 1 aromatic heterocycles. The summed E-state index contributed by atoms with van der Waals surface area (Å²) in [6.45, 7) is 3.42. The minimum atomic E-state index is -3.75. The maximum Gasteiger partial charge on any atom is 0.265 e. The number of aryl methyl sites for hydroxylation is 1. The summed E-state index contributed by atoms with van der Waals surface area (Å²) >= 11 is 5.83. The summed E-state index contributed by atoms with van der Waals surface area (Å²) < 4.78 is 29.7. The largest absolute Gasteiger partial charge is 0.280 e. The summed E-state index contributed by atoms with van der Waals surface area (Å²) in [5.74, 6) is 0. The number of anilines is 1. The average Bonchev–Trinajstić information content (AvgIpc) is 2.85. The van der Waals surface area contributed by atoms with Crippen molar-refractivity contribution in [3.05, 3.63) is 71.0 Å². The van der Waals surface area contributed by atoms with Gasteiger partial charge in [-0.1, -0.05) is 29.8 Å². The Hall–Kier alpha value is -2.31. The van der Waals surface area contributed by atoms with Crippen molar-refractivity contribution in [1.29, 1.82) is 0 Å². The van der Waals surface area contributed by atoms with Crippen LogP contribution in [0.2, 0.25) is 5.02 Å². The summed E-state index contributed by atoms with van der Waals surface area (Å²) in [6, 6.07) is 15.9. The molecule has 0 amide bonds. The van der Waals surface area contributed by atoms with E-state index in [4.69, 9.17) is 11.6 Å². The lowest BCUT2D eigenvalue weighted by atomic mass is 10.3. The van der Waals surface area contributed by atoms with Crippen LogP contribution in [0.5, 0.6) is 0 Å². The molecule has 0 spiro atoms. The molecule has 3 aromatic rings. The van der Waals surface area contributed by atoms with E-state index in [9.17, 15) is 8.42 Å². The summed E-state index contributed by atoms with van der Waals surface area (Å²) in [5.41, 5.74) is 2.26. The van der Waals surface area contributed by atoms with Crippen LogP contribution in [0.15, 0.2) is 59.5 Å². The first-order valence-electron chi connectivity index (χ1n) is 7.28. The predicted molar refractivity (Wildman–Crippen MR) is 95.3 cm³/mol. The van der Waals surface area contributed by atoms with E-state index in [-0.39, 0.29) is 4.90 Å². The van der Waals surface area contributed by atoms with E-state index < -0.39 is 10.0 Å². The zero-order valence-electron chi connectivity index (χ0n) is 13.2. The minimum Gasteiger partial charge on any atom is -0.280 e. The number of aromatic nitrogens is 2. The SMILES string of the molecule is Cc1nn(-c2ccccc2)c(C)c1S(=O)(=O)Nc1ccc(Cl)cc1. The van der Waals surface area contributed by atoms with E-state index in [0.717, 1.165) is 5.69 Å². The Kier molecular flexibility index (Phi) is 4.34. The highest BCUT2D eigenvalue weighted by Crippen LogP contribution is 2.25. The number of nitrogens with zero attached hydrogens (tertiary/aromatic N) is 2. The topological polar surface area (TPSA) is 64.0 Å². The zero-order valence-corrected chi connectivity index (χ0v) is 14.8. The molecule has 0 fully saturated rings. The first-order chi connectivity index (χ1) is 11.4. The van der Waals surface area contributed by atoms with Crippen LogP contribution < -0.4 is 4.72 Å². The van der Waals surface area contributed by atoms with Crippen molar-refractivity contribution in [2.45, 2.75) is 18.7 Å². The third-order valence-corrected chi connectivity index (χ3v) is 5.48. The normalized spacial score (nSPS) is 11.5. The molecule has 0 aliphatic carbocycles. The predicted octanol–water partition coefficient (Wildman–Crippen LogP) is 3.94. The van der Waals surface area contributed by atoms with Crippen molar-refractivity contribution in [2.75, 3.05) is 4.72 Å². The summed E-state index contributed by atoms with van der Waals surface area (Å²) in [6.07, 6.45) is 0. The van der Waals surface area contributed by atoms with Crippen LogP contribution in [0, 0.1) is 13.8 Å². The quantitative estimate of drug-likeness (QED) is 0.765. The van der Waals surface area contributed by atoms with Crippen LogP contribution in [-0.4, -0.2) is 18.2 Å². The van der Waals surface area contributed by atoms with Crippen molar-refractivity contribution in [2.24, 2.45) is 0 Å². The Balaban J connectivity index is 2.02. The number of rotatable bonds is 4. The second-order valence-corrected chi connectivity index (χ2v) is 7.42. The summed E-state index contributed by atoms with van der Waals surface area (Å²) in [5, 5.41) is 4.92. The molecule has 1 heterocycles. The second kappa shape index (κ2) is 6.30. The van der Waals surface area contributed by atoms with Crippen molar-refractivity contribution in [3.63, 3.8) is 0 Å². The van der Waals surface area contributed by atoms with Crippen LogP contribution >= 0.6 is 11.6 Å². The number of benzene rings is 2. The number of hydrogen-bond donors (Lipinski definition) is 1. The van der Waals surface area contributed by atoms with Gasteiger partial charge >= 0.3 is 0 Å². The van der Waals surface area contributed by atoms with Gasteiger partial charge in [-0.15, -0.1) is 0 Å². The van der Waals surface area contributed by atoms with Gasteiger partial charge < -0.3 is 0 Å². The molecule has 0 saturated carbocycles. The monoisotopic (exact) mass is 361 g/mol. The van der Waals surface area contributed by atoms with Crippen molar-refractivity contribution < 1.29 is 8.42 Å². The molecular weight excluding hydrogens is 346 g/mol. The molecule has 2 aromatic carbocycles. The van der Waals surface area contributed by atoms with E-state index in [0.29, 0.717) is 22.1 Å². The summed E-state index contributed by atoms with van der Waals surface area (Å²) in [7, 11) is -3.75. The molecule has 0 aliphatic rings. The zero-order chi connectivity index (χ0) is 17.3. The Morgan fingerprint density at radius 2 is 1.62 bits per heavy atom. The number of hydrogen-bond acceptors (Lipinski definition) is 3. The Bertz CT molecular complexity index is 965. The lowest BCUT2D eigenvalue weighted by Gasteiger charge is -2.09. The maximum atomic E-state index is 12.8. The van der Waals surface area contributed by atoms with Gasteiger partial charge in [-0.25, -0.2) is 13.1 Å². The van der Waals surface area contributed by atoms with Gasteiger partial charge in [0.05, 0.1) is 17.1 Å². The molecule has 0 bridgehead atoms. The highest BCUT2D eigenvalue weighted by atomic mass is 35.5. The number of nitrogens with one attached hydrogen (secondary N) is 1. The van der Waals surface area contributed by atoms with E-state index in [2.05, 4.69) is 9.82 Å². The molecule has 0 saturated heterocycles. The fraction of sp³-hybridized carbons (Fsp3) is 0.118. The van der Waals surface area contributed by atoms with E-state index in [1.807, 2.05) is 30.3 Å². The lowest BCUT2D eigenvalue weighted by molar-refractivity contribution is 0.600. The fourth-order valence-corrected chi connectivity index (χ4v) is 4.14. The Morgan fingerprint density at radius 3 is 2.25 bits per heavy atom. The molecular formula is C17H16ClN3O2S. The van der Waals surface area contributed by atoms with Gasteiger partial charge in [0.25, 0.3) is 10.0 Å². The van der Waals surface area contributed by atoms with Crippen LogP contribution in [0.1, 0.15) is 11.4 Å². The molecule has 0 unspecified atom stereocenters. The highest BCUT2D eigenvalue weighted by molar-refractivity contribution is 7.92. The van der Waals surface area contributed by atoms with Gasteiger partial charge in [-0.05, 0) is 50.2 Å². The van der Waals surface area contributed by atoms with Gasteiger partial charge in [0.2, 0.25) is 0 Å². The Morgan fingerprint density at radius 1 is 1.00 bits per heavy atom. The first-order valence-corrected chi connectivity index (χ1v) is 9.14. The van der Waals surface area contributed by atoms with Crippen LogP contribution in [0.25, 0.3) is 5.69 Å². The molecule has 7 heteroatoms. The van der Waals surface area contributed by atoms with Gasteiger partial charge in [0.15, 0.2) is 0 Å². The molecule has 1 N–H and O–H groups in total. The number of para-hydroxylation sites is 1. The fourth-order valence-electron chi connectivity index (χ4n) is 2.56. The van der Waals surface area contributed by atoms with Crippen molar-refractivity contribution >= 4 is 27.3 Å². The Labute approximate surface area is 145 Å². The third kappa shape index (κ3) is 3.16. The van der Waals surface area contributed by atoms with Gasteiger partial charge in [0.1, 0.15) is 4.90 Å². The van der Waals surface area contributed by atoms with Crippen molar-refractivity contribution in [1.82, 2.24) is 9.78 Å². The lowest BCUT2D eigenvalue weighted by Crippen LogP contribution is -2.14. The van der Waals surface area contributed by atoms with Crippen molar-refractivity contribution in [3.8, 4) is 5.69 Å². The standard InChI is InChI=1S/C17H16ClN3O2S/c1-12-17(13(2)21(19-12)16-6-4-3-5-7-16)24(22,23)20-15-10-8-14(18)9-11-15/h3-11,20H,1-2H3. The van der Waals surface area contributed by atoms with E-state index in [1.54, 1.807) is 42.8 Å². The van der Waals surface area contributed by atoms with Crippen LogP contribution in [-0.2, 0) is 10.0 Å².